The number of hydrogen-bond acceptors (Lipinski definition) is 4. The summed E-state index contributed by atoms with van der Waals surface area (Å²) in [4.78, 5) is 28.0. The summed E-state index contributed by atoms with van der Waals surface area (Å²) in [6, 6.07) is 7.99. The molecule has 0 saturated carbocycles. The Bertz CT molecular complexity index is 673. The van der Waals surface area contributed by atoms with Crippen LogP contribution >= 0.6 is 0 Å². The molecule has 1 aliphatic rings. The second-order valence-corrected chi connectivity index (χ2v) is 5.69. The van der Waals surface area contributed by atoms with Crippen LogP contribution < -0.4 is 0 Å². The Hall–Kier alpha value is -2.70. The molecule has 1 saturated heterocycles. The lowest BCUT2D eigenvalue weighted by Gasteiger charge is -2.34. The van der Waals surface area contributed by atoms with Crippen LogP contribution in [0, 0.1) is 6.92 Å². The molecule has 1 aromatic heterocycles. The zero-order chi connectivity index (χ0) is 16.2. The van der Waals surface area contributed by atoms with E-state index in [-0.39, 0.29) is 11.8 Å². The van der Waals surface area contributed by atoms with Crippen LogP contribution in [0.4, 0.5) is 0 Å². The van der Waals surface area contributed by atoms with E-state index in [0.29, 0.717) is 38.3 Å². The lowest BCUT2D eigenvalue weighted by molar-refractivity contribution is -0.131. The van der Waals surface area contributed by atoms with Crippen molar-refractivity contribution in [3.63, 3.8) is 0 Å². The van der Waals surface area contributed by atoms with E-state index in [2.05, 4.69) is 15.4 Å². The molecule has 1 aromatic carbocycles. The second kappa shape index (κ2) is 6.60. The molecule has 1 N–H and O–H groups in total. The second-order valence-electron chi connectivity index (χ2n) is 5.69. The van der Waals surface area contributed by atoms with Crippen LogP contribution in [0.2, 0.25) is 0 Å². The molecule has 2 heterocycles. The summed E-state index contributed by atoms with van der Waals surface area (Å²) in [6.07, 6.45) is 1.81. The third-order valence-corrected chi connectivity index (χ3v) is 4.03. The summed E-state index contributed by atoms with van der Waals surface area (Å²) >= 11 is 0. The standard InChI is InChI=1S/C16H19N5O2/c1-12-2-4-13(5-3-12)10-15(22)20-6-8-21(9-7-20)16(23)14-11-17-19-18-14/h2-5,11H,6-10H2,1H3,(H,17,18,19). The highest BCUT2D eigenvalue weighted by atomic mass is 16.2. The van der Waals surface area contributed by atoms with Gasteiger partial charge in [-0.25, -0.2) is 0 Å². The first-order chi connectivity index (χ1) is 11.1. The summed E-state index contributed by atoms with van der Waals surface area (Å²) in [7, 11) is 0. The monoisotopic (exact) mass is 313 g/mol. The number of benzene rings is 1. The Morgan fingerprint density at radius 3 is 2.35 bits per heavy atom. The molecule has 3 rings (SSSR count). The number of aryl methyl sites for hydroxylation is 1. The van der Waals surface area contributed by atoms with Gasteiger partial charge in [-0.3, -0.25) is 9.59 Å². The predicted molar refractivity (Wildman–Crippen MR) is 83.7 cm³/mol. The Morgan fingerprint density at radius 2 is 1.74 bits per heavy atom. The molecule has 0 atom stereocenters. The smallest absolute Gasteiger partial charge is 0.276 e. The van der Waals surface area contributed by atoms with Crippen molar-refractivity contribution in [2.24, 2.45) is 0 Å². The van der Waals surface area contributed by atoms with Crippen LogP contribution in [0.25, 0.3) is 0 Å². The fraction of sp³-hybridized carbons (Fsp3) is 0.375. The molecule has 0 radical (unpaired) electrons. The molecule has 0 aliphatic carbocycles. The van der Waals surface area contributed by atoms with E-state index in [0.717, 1.165) is 5.56 Å². The number of carbonyl (C=O) groups excluding carboxylic acids is 2. The number of amides is 2. The quantitative estimate of drug-likeness (QED) is 0.901. The number of aromatic nitrogens is 3. The predicted octanol–water partition coefficient (Wildman–Crippen LogP) is 0.640. The highest BCUT2D eigenvalue weighted by molar-refractivity contribution is 5.92. The van der Waals surface area contributed by atoms with E-state index in [1.807, 2.05) is 36.1 Å². The first kappa shape index (κ1) is 15.2. The molecule has 23 heavy (non-hydrogen) atoms. The molecule has 0 unspecified atom stereocenters. The molecular formula is C16H19N5O2. The summed E-state index contributed by atoms with van der Waals surface area (Å²) in [6.45, 7) is 4.16. The van der Waals surface area contributed by atoms with Crippen LogP contribution in [0.15, 0.2) is 30.5 Å². The number of piperazine rings is 1. The summed E-state index contributed by atoms with van der Waals surface area (Å²) in [5.41, 5.74) is 2.51. The van der Waals surface area contributed by atoms with Crippen molar-refractivity contribution >= 4 is 11.8 Å². The van der Waals surface area contributed by atoms with E-state index in [4.69, 9.17) is 0 Å². The number of aromatic amines is 1. The third kappa shape index (κ3) is 3.56. The van der Waals surface area contributed by atoms with Gasteiger partial charge in [0.15, 0.2) is 5.69 Å². The molecule has 7 heteroatoms. The van der Waals surface area contributed by atoms with E-state index in [1.54, 1.807) is 4.90 Å². The molecule has 1 aliphatic heterocycles. The van der Waals surface area contributed by atoms with E-state index >= 15 is 0 Å². The van der Waals surface area contributed by atoms with Gasteiger partial charge in [0.2, 0.25) is 5.91 Å². The van der Waals surface area contributed by atoms with Crippen LogP contribution in [0.3, 0.4) is 0 Å². The first-order valence-corrected chi connectivity index (χ1v) is 7.62. The van der Waals surface area contributed by atoms with Crippen molar-refractivity contribution in [2.45, 2.75) is 13.3 Å². The van der Waals surface area contributed by atoms with Crippen molar-refractivity contribution in [3.8, 4) is 0 Å². The summed E-state index contributed by atoms with van der Waals surface area (Å²) in [5, 5.41) is 9.88. The maximum absolute atomic E-state index is 12.4. The van der Waals surface area contributed by atoms with Crippen LogP contribution in [-0.4, -0.2) is 63.2 Å². The largest absolute Gasteiger partial charge is 0.339 e. The van der Waals surface area contributed by atoms with Gasteiger partial charge in [0.1, 0.15) is 0 Å². The van der Waals surface area contributed by atoms with Crippen molar-refractivity contribution in [2.75, 3.05) is 26.2 Å². The van der Waals surface area contributed by atoms with E-state index < -0.39 is 0 Å². The van der Waals surface area contributed by atoms with Crippen molar-refractivity contribution in [1.29, 1.82) is 0 Å². The van der Waals surface area contributed by atoms with Crippen LogP contribution in [0.5, 0.6) is 0 Å². The van der Waals surface area contributed by atoms with Crippen molar-refractivity contribution < 1.29 is 9.59 Å². The maximum atomic E-state index is 12.4. The molecule has 7 nitrogen and oxygen atoms in total. The number of H-pyrrole nitrogens is 1. The molecular weight excluding hydrogens is 294 g/mol. The van der Waals surface area contributed by atoms with Gasteiger partial charge in [-0.15, -0.1) is 0 Å². The van der Waals surface area contributed by atoms with Gasteiger partial charge in [0.05, 0.1) is 12.6 Å². The Kier molecular flexibility index (Phi) is 4.36. The fourth-order valence-corrected chi connectivity index (χ4v) is 2.62. The van der Waals surface area contributed by atoms with Gasteiger partial charge in [0.25, 0.3) is 5.91 Å². The SMILES string of the molecule is Cc1ccc(CC(=O)N2CCN(C(=O)c3cn[nH]n3)CC2)cc1. The minimum absolute atomic E-state index is 0.0994. The Balaban J connectivity index is 1.53. The number of hydrogen-bond donors (Lipinski definition) is 1. The normalized spacial score (nSPS) is 14.8. The van der Waals surface area contributed by atoms with E-state index in [9.17, 15) is 9.59 Å². The third-order valence-electron chi connectivity index (χ3n) is 4.03. The lowest BCUT2D eigenvalue weighted by Crippen LogP contribution is -2.51. The maximum Gasteiger partial charge on any atom is 0.276 e. The highest BCUT2D eigenvalue weighted by Gasteiger charge is 2.25. The van der Waals surface area contributed by atoms with Gasteiger partial charge in [-0.1, -0.05) is 29.8 Å². The van der Waals surface area contributed by atoms with Crippen molar-refractivity contribution in [3.05, 3.63) is 47.3 Å². The van der Waals surface area contributed by atoms with Gasteiger partial charge in [0, 0.05) is 26.2 Å². The topological polar surface area (TPSA) is 82.2 Å². The van der Waals surface area contributed by atoms with Gasteiger partial charge in [-0.2, -0.15) is 15.4 Å². The average Bonchev–Trinajstić information content (AvgIpc) is 3.11. The molecule has 120 valence electrons. The van der Waals surface area contributed by atoms with Crippen LogP contribution in [0.1, 0.15) is 21.6 Å². The van der Waals surface area contributed by atoms with Crippen LogP contribution in [-0.2, 0) is 11.2 Å². The molecule has 2 aromatic rings. The minimum Gasteiger partial charge on any atom is -0.339 e. The zero-order valence-electron chi connectivity index (χ0n) is 13.0. The first-order valence-electron chi connectivity index (χ1n) is 7.62. The highest BCUT2D eigenvalue weighted by Crippen LogP contribution is 2.10. The van der Waals surface area contributed by atoms with Gasteiger partial charge in [-0.05, 0) is 12.5 Å². The summed E-state index contributed by atoms with van der Waals surface area (Å²) in [5.74, 6) is -0.0493. The van der Waals surface area contributed by atoms with Gasteiger partial charge < -0.3 is 9.80 Å². The number of nitrogens with one attached hydrogen (secondary N) is 1. The molecule has 1 fully saturated rings. The zero-order valence-corrected chi connectivity index (χ0v) is 13.0. The fourth-order valence-electron chi connectivity index (χ4n) is 2.62. The van der Waals surface area contributed by atoms with E-state index in [1.165, 1.54) is 11.8 Å². The lowest BCUT2D eigenvalue weighted by atomic mass is 10.1. The van der Waals surface area contributed by atoms with Gasteiger partial charge >= 0.3 is 0 Å². The molecule has 2 amide bonds. The number of nitrogens with zero attached hydrogens (tertiary/aromatic N) is 4. The number of carbonyl (C=O) groups is 2. The molecule has 0 spiro atoms. The summed E-state index contributed by atoms with van der Waals surface area (Å²) < 4.78 is 0. The van der Waals surface area contributed by atoms with Crippen molar-refractivity contribution in [1.82, 2.24) is 25.2 Å². The average molecular weight is 313 g/mol. The Morgan fingerprint density at radius 1 is 1.09 bits per heavy atom. The molecule has 0 bridgehead atoms. The minimum atomic E-state index is -0.149. The number of rotatable bonds is 3. The Labute approximate surface area is 134 Å².